The van der Waals surface area contributed by atoms with Crippen molar-refractivity contribution in [3.63, 3.8) is 0 Å². The second-order valence-electron chi connectivity index (χ2n) is 4.06. The Morgan fingerprint density at radius 1 is 1.41 bits per heavy atom. The van der Waals surface area contributed by atoms with E-state index in [2.05, 4.69) is 19.9 Å². The minimum atomic E-state index is -0.0375. The molecule has 0 bridgehead atoms. The standard InChI is InChI=1S/C11H12N4O2/c16-6-9-13-7-5-12-11(15-10(7)14-9)8-3-1-2-4-17-8/h5-6,8H,1-4H2,(H,12,13,14,15). The maximum absolute atomic E-state index is 10.6. The van der Waals surface area contributed by atoms with E-state index in [1.807, 2.05) is 0 Å². The van der Waals surface area contributed by atoms with Crippen molar-refractivity contribution in [3.8, 4) is 0 Å². The summed E-state index contributed by atoms with van der Waals surface area (Å²) in [5.74, 6) is 0.928. The fourth-order valence-electron chi connectivity index (χ4n) is 1.99. The monoisotopic (exact) mass is 232 g/mol. The lowest BCUT2D eigenvalue weighted by Gasteiger charge is -2.20. The van der Waals surface area contributed by atoms with Gasteiger partial charge >= 0.3 is 0 Å². The lowest BCUT2D eigenvalue weighted by molar-refractivity contribution is 0.00963. The van der Waals surface area contributed by atoms with Crippen molar-refractivity contribution < 1.29 is 9.53 Å². The van der Waals surface area contributed by atoms with Gasteiger partial charge in [-0.25, -0.2) is 15.0 Å². The summed E-state index contributed by atoms with van der Waals surface area (Å²) in [5, 5.41) is 0. The van der Waals surface area contributed by atoms with Crippen LogP contribution in [-0.2, 0) is 4.74 Å². The maximum Gasteiger partial charge on any atom is 0.185 e. The van der Waals surface area contributed by atoms with Crippen LogP contribution in [0.3, 0.4) is 0 Å². The number of H-pyrrole nitrogens is 1. The van der Waals surface area contributed by atoms with Gasteiger partial charge < -0.3 is 9.72 Å². The van der Waals surface area contributed by atoms with E-state index in [1.54, 1.807) is 6.20 Å². The van der Waals surface area contributed by atoms with Crippen molar-refractivity contribution in [2.24, 2.45) is 0 Å². The number of hydrogen-bond acceptors (Lipinski definition) is 5. The van der Waals surface area contributed by atoms with Gasteiger partial charge in [-0.1, -0.05) is 0 Å². The highest BCUT2D eigenvalue weighted by Crippen LogP contribution is 2.25. The molecule has 1 unspecified atom stereocenters. The highest BCUT2D eigenvalue weighted by Gasteiger charge is 2.19. The Morgan fingerprint density at radius 3 is 3.12 bits per heavy atom. The summed E-state index contributed by atoms with van der Waals surface area (Å²) in [6, 6.07) is 0. The number of imidazole rings is 1. The molecule has 1 N–H and O–H groups in total. The van der Waals surface area contributed by atoms with E-state index < -0.39 is 0 Å². The molecule has 17 heavy (non-hydrogen) atoms. The van der Waals surface area contributed by atoms with Crippen molar-refractivity contribution in [2.75, 3.05) is 6.61 Å². The minimum absolute atomic E-state index is 0.0375. The Balaban J connectivity index is 1.97. The summed E-state index contributed by atoms with van der Waals surface area (Å²) in [4.78, 5) is 26.1. The summed E-state index contributed by atoms with van der Waals surface area (Å²) in [5.41, 5.74) is 1.19. The van der Waals surface area contributed by atoms with Crippen LogP contribution in [0.5, 0.6) is 0 Å². The molecule has 0 aromatic carbocycles. The van der Waals surface area contributed by atoms with E-state index in [0.29, 0.717) is 23.3 Å². The van der Waals surface area contributed by atoms with Crippen molar-refractivity contribution >= 4 is 17.5 Å². The SMILES string of the molecule is O=Cc1nc2nc(C3CCCCO3)ncc2[nH]1. The van der Waals surface area contributed by atoms with Crippen LogP contribution in [0.1, 0.15) is 41.8 Å². The Labute approximate surface area is 97.4 Å². The zero-order chi connectivity index (χ0) is 11.7. The van der Waals surface area contributed by atoms with E-state index in [-0.39, 0.29) is 11.9 Å². The third-order valence-electron chi connectivity index (χ3n) is 2.86. The highest BCUT2D eigenvalue weighted by atomic mass is 16.5. The summed E-state index contributed by atoms with van der Waals surface area (Å²) < 4.78 is 5.61. The second-order valence-corrected chi connectivity index (χ2v) is 4.06. The normalized spacial score (nSPS) is 20.6. The maximum atomic E-state index is 10.6. The molecule has 3 rings (SSSR count). The molecule has 1 atom stereocenters. The first kappa shape index (κ1) is 10.3. The molecule has 88 valence electrons. The van der Waals surface area contributed by atoms with E-state index in [9.17, 15) is 4.79 Å². The minimum Gasteiger partial charge on any atom is -0.370 e. The van der Waals surface area contributed by atoms with E-state index >= 15 is 0 Å². The topological polar surface area (TPSA) is 80.8 Å². The van der Waals surface area contributed by atoms with Crippen molar-refractivity contribution in [2.45, 2.75) is 25.4 Å². The van der Waals surface area contributed by atoms with E-state index in [0.717, 1.165) is 25.9 Å². The predicted octanol–water partition coefficient (Wildman–Crippen LogP) is 1.41. The summed E-state index contributed by atoms with van der Waals surface area (Å²) >= 11 is 0. The van der Waals surface area contributed by atoms with Crippen LogP contribution in [0.4, 0.5) is 0 Å². The van der Waals surface area contributed by atoms with Crippen LogP contribution in [0, 0.1) is 0 Å². The molecule has 0 aliphatic carbocycles. The first-order chi connectivity index (χ1) is 8.36. The molecule has 0 amide bonds. The molecular formula is C11H12N4O2. The number of rotatable bonds is 2. The largest absolute Gasteiger partial charge is 0.370 e. The molecular weight excluding hydrogens is 220 g/mol. The average Bonchev–Trinajstić information content (AvgIpc) is 2.81. The molecule has 1 aliphatic rings. The summed E-state index contributed by atoms with van der Waals surface area (Å²) in [6.45, 7) is 0.756. The van der Waals surface area contributed by atoms with Gasteiger partial charge in [0.2, 0.25) is 0 Å². The van der Waals surface area contributed by atoms with Crippen molar-refractivity contribution in [1.29, 1.82) is 0 Å². The average molecular weight is 232 g/mol. The third-order valence-corrected chi connectivity index (χ3v) is 2.86. The number of nitrogens with one attached hydrogen (secondary N) is 1. The van der Waals surface area contributed by atoms with Gasteiger partial charge in [-0.05, 0) is 19.3 Å². The molecule has 3 heterocycles. The number of aromatic amines is 1. The molecule has 1 saturated heterocycles. The van der Waals surface area contributed by atoms with E-state index in [1.165, 1.54) is 0 Å². The zero-order valence-corrected chi connectivity index (χ0v) is 9.22. The summed E-state index contributed by atoms with van der Waals surface area (Å²) in [7, 11) is 0. The van der Waals surface area contributed by atoms with Crippen LogP contribution in [0.25, 0.3) is 11.2 Å². The molecule has 2 aromatic heterocycles. The second kappa shape index (κ2) is 4.21. The number of aromatic nitrogens is 4. The quantitative estimate of drug-likeness (QED) is 0.792. The van der Waals surface area contributed by atoms with Gasteiger partial charge in [0, 0.05) is 6.61 Å². The number of carbonyl (C=O) groups is 1. The van der Waals surface area contributed by atoms with Gasteiger partial charge in [0.1, 0.15) is 11.6 Å². The van der Waals surface area contributed by atoms with Gasteiger partial charge in [0.25, 0.3) is 0 Å². The lowest BCUT2D eigenvalue weighted by Crippen LogP contribution is -2.14. The van der Waals surface area contributed by atoms with Gasteiger partial charge in [-0.2, -0.15) is 0 Å². The van der Waals surface area contributed by atoms with Gasteiger partial charge in [-0.3, -0.25) is 4.79 Å². The Hall–Kier alpha value is -1.82. The molecule has 6 nitrogen and oxygen atoms in total. The van der Waals surface area contributed by atoms with Crippen LogP contribution >= 0.6 is 0 Å². The molecule has 1 aliphatic heterocycles. The molecule has 0 radical (unpaired) electrons. The first-order valence-electron chi connectivity index (χ1n) is 5.66. The number of hydrogen-bond donors (Lipinski definition) is 1. The highest BCUT2D eigenvalue weighted by molar-refractivity contribution is 5.78. The van der Waals surface area contributed by atoms with Crippen molar-refractivity contribution in [1.82, 2.24) is 19.9 Å². The zero-order valence-electron chi connectivity index (χ0n) is 9.22. The van der Waals surface area contributed by atoms with Crippen molar-refractivity contribution in [3.05, 3.63) is 17.8 Å². The number of aldehydes is 1. The Bertz CT molecular complexity index is 545. The third kappa shape index (κ3) is 1.91. The number of nitrogens with zero attached hydrogens (tertiary/aromatic N) is 3. The van der Waals surface area contributed by atoms with Gasteiger partial charge in [0.05, 0.1) is 6.20 Å². The Kier molecular flexibility index (Phi) is 2.56. The van der Waals surface area contributed by atoms with Crippen LogP contribution < -0.4 is 0 Å². The lowest BCUT2D eigenvalue weighted by atomic mass is 10.1. The smallest absolute Gasteiger partial charge is 0.185 e. The molecule has 0 spiro atoms. The number of carbonyl (C=O) groups excluding carboxylic acids is 1. The molecule has 6 heteroatoms. The number of ether oxygens (including phenoxy) is 1. The predicted molar refractivity (Wildman–Crippen MR) is 59.6 cm³/mol. The number of fused-ring (bicyclic) bond motifs is 1. The van der Waals surface area contributed by atoms with Gasteiger partial charge in [0.15, 0.2) is 23.6 Å². The van der Waals surface area contributed by atoms with Gasteiger partial charge in [-0.15, -0.1) is 0 Å². The summed E-state index contributed by atoms with van der Waals surface area (Å²) in [6.07, 6.45) is 5.44. The van der Waals surface area contributed by atoms with Crippen LogP contribution in [0.2, 0.25) is 0 Å². The molecule has 0 saturated carbocycles. The van der Waals surface area contributed by atoms with Crippen LogP contribution in [0.15, 0.2) is 6.20 Å². The Morgan fingerprint density at radius 2 is 2.35 bits per heavy atom. The molecule has 2 aromatic rings. The van der Waals surface area contributed by atoms with Crippen LogP contribution in [-0.4, -0.2) is 32.8 Å². The first-order valence-corrected chi connectivity index (χ1v) is 5.66. The van der Waals surface area contributed by atoms with E-state index in [4.69, 9.17) is 4.74 Å². The fraction of sp³-hybridized carbons (Fsp3) is 0.455. The molecule has 1 fully saturated rings. The fourth-order valence-corrected chi connectivity index (χ4v) is 1.99.